The number of nitrogens with one attached hydrogen (secondary N) is 1. The lowest BCUT2D eigenvalue weighted by molar-refractivity contribution is -0.384. The molecule has 0 aliphatic rings. The summed E-state index contributed by atoms with van der Waals surface area (Å²) in [4.78, 5) is 20.9. The van der Waals surface area contributed by atoms with E-state index >= 15 is 0 Å². The molecule has 2 N–H and O–H groups in total. The maximum absolute atomic E-state index is 13.4. The molecule has 0 amide bonds. The predicted octanol–water partition coefficient (Wildman–Crippen LogP) is 2.89. The summed E-state index contributed by atoms with van der Waals surface area (Å²) < 4.78 is 13.4. The van der Waals surface area contributed by atoms with Crippen LogP contribution < -0.4 is 5.32 Å². The van der Waals surface area contributed by atoms with Crippen LogP contribution in [-0.2, 0) is 0 Å². The monoisotopic (exact) mass is 270 g/mol. The molecule has 0 fully saturated rings. The van der Waals surface area contributed by atoms with Gasteiger partial charge < -0.3 is 10.4 Å². The van der Waals surface area contributed by atoms with E-state index in [-0.39, 0.29) is 11.1 Å². The zero-order valence-corrected chi connectivity index (χ0v) is 10.9. The number of nitrogens with zero attached hydrogens (tertiary/aromatic N) is 1. The Labute approximate surface area is 109 Å². The summed E-state index contributed by atoms with van der Waals surface area (Å²) in [7, 11) is 0. The fourth-order valence-electron chi connectivity index (χ4n) is 1.38. The minimum Gasteiger partial charge on any atom is -0.478 e. The Morgan fingerprint density at radius 1 is 1.47 bits per heavy atom. The minimum absolute atomic E-state index is 0.00118. The molecule has 7 heteroatoms. The highest BCUT2D eigenvalue weighted by Crippen LogP contribution is 2.29. The van der Waals surface area contributed by atoms with Crippen LogP contribution in [0.15, 0.2) is 12.1 Å². The van der Waals surface area contributed by atoms with Crippen molar-refractivity contribution >= 4 is 17.3 Å². The van der Waals surface area contributed by atoms with Crippen LogP contribution in [0.3, 0.4) is 0 Å². The molecular weight excluding hydrogens is 255 g/mol. The Morgan fingerprint density at radius 3 is 2.47 bits per heavy atom. The second-order valence-corrected chi connectivity index (χ2v) is 5.33. The first-order chi connectivity index (χ1) is 8.61. The molecule has 0 aromatic heterocycles. The molecule has 0 radical (unpaired) electrons. The third-order valence-corrected chi connectivity index (χ3v) is 2.32. The molecule has 0 aliphatic heterocycles. The van der Waals surface area contributed by atoms with Gasteiger partial charge in [0.05, 0.1) is 16.6 Å². The summed E-state index contributed by atoms with van der Waals surface area (Å²) in [5, 5.41) is 22.4. The van der Waals surface area contributed by atoms with E-state index in [1.54, 1.807) is 0 Å². The van der Waals surface area contributed by atoms with Crippen molar-refractivity contribution in [2.24, 2.45) is 5.41 Å². The van der Waals surface area contributed by atoms with Gasteiger partial charge in [-0.05, 0) is 11.5 Å². The van der Waals surface area contributed by atoms with Gasteiger partial charge in [-0.1, -0.05) is 20.8 Å². The molecule has 0 saturated heterocycles. The standard InChI is InChI=1S/C12H15FN2O4/c1-12(2,3)6-14-9-4-7(11(16)17)8(13)5-10(9)15(18)19/h4-5,14H,6H2,1-3H3,(H,16,17). The predicted molar refractivity (Wildman–Crippen MR) is 68.0 cm³/mol. The van der Waals surface area contributed by atoms with Gasteiger partial charge in [-0.15, -0.1) is 0 Å². The van der Waals surface area contributed by atoms with Gasteiger partial charge in [0.15, 0.2) is 0 Å². The Hall–Kier alpha value is -2.18. The number of hydrogen-bond donors (Lipinski definition) is 2. The highest BCUT2D eigenvalue weighted by molar-refractivity contribution is 5.90. The van der Waals surface area contributed by atoms with E-state index in [0.717, 1.165) is 6.07 Å². The normalized spacial score (nSPS) is 11.2. The first kappa shape index (κ1) is 14.9. The van der Waals surface area contributed by atoms with Crippen LogP contribution in [0.4, 0.5) is 15.8 Å². The molecule has 0 saturated carbocycles. The number of halogens is 1. The fraction of sp³-hybridized carbons (Fsp3) is 0.417. The largest absolute Gasteiger partial charge is 0.478 e. The molecule has 0 aliphatic carbocycles. The smallest absolute Gasteiger partial charge is 0.338 e. The van der Waals surface area contributed by atoms with E-state index in [2.05, 4.69) is 5.32 Å². The van der Waals surface area contributed by atoms with Gasteiger partial charge in [0.2, 0.25) is 0 Å². The van der Waals surface area contributed by atoms with Crippen LogP contribution >= 0.6 is 0 Å². The van der Waals surface area contributed by atoms with Gasteiger partial charge in [0.25, 0.3) is 5.69 Å². The van der Waals surface area contributed by atoms with E-state index in [4.69, 9.17) is 5.11 Å². The summed E-state index contributed by atoms with van der Waals surface area (Å²) in [5.41, 5.74) is -1.24. The number of carboxylic acid groups (broad SMARTS) is 1. The van der Waals surface area contributed by atoms with Crippen molar-refractivity contribution in [3.8, 4) is 0 Å². The van der Waals surface area contributed by atoms with Crippen LogP contribution in [0.5, 0.6) is 0 Å². The van der Waals surface area contributed by atoms with Crippen LogP contribution in [0, 0.1) is 21.3 Å². The minimum atomic E-state index is -1.47. The maximum Gasteiger partial charge on any atom is 0.338 e. The molecule has 0 heterocycles. The lowest BCUT2D eigenvalue weighted by Crippen LogP contribution is -2.20. The van der Waals surface area contributed by atoms with Crippen molar-refractivity contribution in [2.75, 3.05) is 11.9 Å². The number of nitro groups is 1. The number of carboxylic acids is 1. The summed E-state index contributed by atoms with van der Waals surface area (Å²) in [6.45, 7) is 6.12. The zero-order valence-electron chi connectivity index (χ0n) is 10.9. The number of carbonyl (C=O) groups is 1. The number of aromatic carboxylic acids is 1. The average molecular weight is 270 g/mol. The molecule has 0 unspecified atom stereocenters. The Kier molecular flexibility index (Phi) is 4.08. The molecule has 1 rings (SSSR count). The first-order valence-electron chi connectivity index (χ1n) is 5.57. The van der Waals surface area contributed by atoms with E-state index in [1.807, 2.05) is 20.8 Å². The molecule has 104 valence electrons. The van der Waals surface area contributed by atoms with Crippen LogP contribution in [0.1, 0.15) is 31.1 Å². The molecule has 6 nitrogen and oxygen atoms in total. The lowest BCUT2D eigenvalue weighted by Gasteiger charge is -2.19. The summed E-state index contributed by atoms with van der Waals surface area (Å²) >= 11 is 0. The van der Waals surface area contributed by atoms with E-state index in [1.165, 1.54) is 0 Å². The highest BCUT2D eigenvalue weighted by Gasteiger charge is 2.22. The number of rotatable bonds is 4. The zero-order chi connectivity index (χ0) is 14.8. The molecule has 1 aromatic carbocycles. The average Bonchev–Trinajstić information content (AvgIpc) is 2.25. The number of nitro benzene ring substituents is 1. The number of hydrogen-bond acceptors (Lipinski definition) is 4. The van der Waals surface area contributed by atoms with Crippen molar-refractivity contribution in [1.82, 2.24) is 0 Å². The molecular formula is C12H15FN2O4. The van der Waals surface area contributed by atoms with Gasteiger partial charge in [0, 0.05) is 6.54 Å². The third kappa shape index (κ3) is 3.90. The number of benzene rings is 1. The highest BCUT2D eigenvalue weighted by atomic mass is 19.1. The third-order valence-electron chi connectivity index (χ3n) is 2.32. The van der Waals surface area contributed by atoms with Gasteiger partial charge >= 0.3 is 5.97 Å². The Bertz CT molecular complexity index is 523. The van der Waals surface area contributed by atoms with Crippen molar-refractivity contribution < 1.29 is 19.2 Å². The fourth-order valence-corrected chi connectivity index (χ4v) is 1.38. The summed E-state index contributed by atoms with van der Waals surface area (Å²) in [6, 6.07) is 1.57. The SMILES string of the molecule is CC(C)(C)CNc1cc(C(=O)O)c(F)cc1[N+](=O)[O-]. The Balaban J connectivity index is 3.22. The van der Waals surface area contributed by atoms with Crippen LogP contribution in [0.2, 0.25) is 0 Å². The first-order valence-corrected chi connectivity index (χ1v) is 5.57. The van der Waals surface area contributed by atoms with Crippen molar-refractivity contribution in [2.45, 2.75) is 20.8 Å². The Morgan fingerprint density at radius 2 is 2.05 bits per heavy atom. The van der Waals surface area contributed by atoms with Gasteiger partial charge in [-0.25, -0.2) is 9.18 Å². The number of anilines is 1. The van der Waals surface area contributed by atoms with Crippen molar-refractivity contribution in [3.05, 3.63) is 33.6 Å². The second kappa shape index (κ2) is 5.21. The summed E-state index contributed by atoms with van der Waals surface area (Å²) in [5.74, 6) is -2.59. The van der Waals surface area contributed by atoms with Crippen LogP contribution in [0.25, 0.3) is 0 Å². The van der Waals surface area contributed by atoms with E-state index in [9.17, 15) is 19.3 Å². The van der Waals surface area contributed by atoms with Crippen molar-refractivity contribution in [1.29, 1.82) is 0 Å². The van der Waals surface area contributed by atoms with Crippen molar-refractivity contribution in [3.63, 3.8) is 0 Å². The second-order valence-electron chi connectivity index (χ2n) is 5.33. The van der Waals surface area contributed by atoms with E-state index in [0.29, 0.717) is 12.6 Å². The molecule has 19 heavy (non-hydrogen) atoms. The molecule has 1 aromatic rings. The topological polar surface area (TPSA) is 92.5 Å². The molecule has 0 spiro atoms. The van der Waals surface area contributed by atoms with Crippen LogP contribution in [-0.4, -0.2) is 22.5 Å². The quantitative estimate of drug-likeness (QED) is 0.648. The molecule has 0 atom stereocenters. The van der Waals surface area contributed by atoms with Gasteiger partial charge in [0.1, 0.15) is 11.5 Å². The van der Waals surface area contributed by atoms with E-state index < -0.39 is 28.0 Å². The van der Waals surface area contributed by atoms with Gasteiger partial charge in [-0.2, -0.15) is 0 Å². The molecule has 0 bridgehead atoms. The maximum atomic E-state index is 13.4. The van der Waals surface area contributed by atoms with Gasteiger partial charge in [-0.3, -0.25) is 10.1 Å². The summed E-state index contributed by atoms with van der Waals surface area (Å²) in [6.07, 6.45) is 0. The lowest BCUT2D eigenvalue weighted by atomic mass is 9.97.